The third kappa shape index (κ3) is 4.81. The fraction of sp³-hybridized carbons (Fsp3) is 0.185. The van der Waals surface area contributed by atoms with Gasteiger partial charge in [-0.2, -0.15) is 0 Å². The van der Waals surface area contributed by atoms with Gasteiger partial charge in [0.1, 0.15) is 11.5 Å². The van der Waals surface area contributed by atoms with Gasteiger partial charge in [0.2, 0.25) is 0 Å². The molecule has 0 radical (unpaired) electrons. The second-order valence-electron chi connectivity index (χ2n) is 7.95. The molecule has 36 heavy (non-hydrogen) atoms. The van der Waals surface area contributed by atoms with E-state index in [0.717, 1.165) is 0 Å². The Bertz CT molecular complexity index is 1340. The van der Waals surface area contributed by atoms with Gasteiger partial charge in [-0.3, -0.25) is 24.3 Å². The minimum atomic E-state index is -0.961. The van der Waals surface area contributed by atoms with Crippen LogP contribution in [-0.2, 0) is 25.5 Å². The molecule has 1 fully saturated rings. The number of amides is 1. The molecule has 184 valence electrons. The maximum Gasteiger partial charge on any atom is 0.310 e. The molecule has 0 spiro atoms. The van der Waals surface area contributed by atoms with Gasteiger partial charge in [0.05, 0.1) is 36.8 Å². The van der Waals surface area contributed by atoms with E-state index in [1.807, 2.05) is 0 Å². The number of aliphatic hydroxyl groups excluding tert-OH is 1. The first-order chi connectivity index (χ1) is 17.3. The quantitative estimate of drug-likeness (QED) is 0.218. The summed E-state index contributed by atoms with van der Waals surface area (Å²) in [4.78, 5) is 43.8. The summed E-state index contributed by atoms with van der Waals surface area (Å²) in [6.45, 7) is 2.01. The molecule has 8 nitrogen and oxygen atoms in total. The number of nitrogens with zero attached hydrogens (tertiary/aromatic N) is 2. The summed E-state index contributed by atoms with van der Waals surface area (Å²) in [7, 11) is 1.47. The molecule has 1 atom stereocenters. The standard InChI is InChI=1S/C27H23ClN2O6/c1-3-36-22(31)13-16-6-8-18(9-7-16)30-24(17-5-4-12-29-15-17)23(26(33)27(30)34)25(32)20-14-19(35-2)10-11-21(20)28/h4-12,14-15,24,32H,3,13H2,1-2H3/b25-23+. The van der Waals surface area contributed by atoms with Crippen LogP contribution in [0.3, 0.4) is 0 Å². The van der Waals surface area contributed by atoms with Crippen molar-refractivity contribution in [3.8, 4) is 5.75 Å². The molecular formula is C27H23ClN2O6. The van der Waals surface area contributed by atoms with Crippen molar-refractivity contribution in [1.82, 2.24) is 4.98 Å². The van der Waals surface area contributed by atoms with Gasteiger partial charge in [-0.05, 0) is 54.4 Å². The van der Waals surface area contributed by atoms with Gasteiger partial charge >= 0.3 is 5.97 Å². The molecule has 1 amide bonds. The van der Waals surface area contributed by atoms with Crippen LogP contribution in [0.1, 0.15) is 29.7 Å². The number of hydrogen-bond donors (Lipinski definition) is 1. The van der Waals surface area contributed by atoms with Crippen molar-refractivity contribution in [1.29, 1.82) is 0 Å². The minimum absolute atomic E-state index is 0.0767. The van der Waals surface area contributed by atoms with E-state index in [9.17, 15) is 19.5 Å². The highest BCUT2D eigenvalue weighted by Crippen LogP contribution is 2.43. The van der Waals surface area contributed by atoms with E-state index in [1.165, 1.54) is 30.3 Å². The van der Waals surface area contributed by atoms with Crippen LogP contribution in [0.2, 0.25) is 5.02 Å². The number of Topliss-reactive ketones (excluding diaryl/α,β-unsaturated/α-hetero) is 1. The van der Waals surface area contributed by atoms with E-state index in [1.54, 1.807) is 55.6 Å². The zero-order valence-electron chi connectivity index (χ0n) is 19.6. The summed E-state index contributed by atoms with van der Waals surface area (Å²) in [6.07, 6.45) is 3.17. The van der Waals surface area contributed by atoms with Gasteiger partial charge in [0.15, 0.2) is 0 Å². The topological polar surface area (TPSA) is 106 Å². The van der Waals surface area contributed by atoms with E-state index in [0.29, 0.717) is 22.6 Å². The molecule has 1 unspecified atom stereocenters. The lowest BCUT2D eigenvalue weighted by atomic mass is 9.96. The van der Waals surface area contributed by atoms with Crippen molar-refractivity contribution >= 4 is 40.7 Å². The summed E-state index contributed by atoms with van der Waals surface area (Å²) >= 11 is 6.33. The molecule has 0 aliphatic carbocycles. The maximum absolute atomic E-state index is 13.3. The lowest BCUT2D eigenvalue weighted by molar-refractivity contribution is -0.142. The lowest BCUT2D eigenvalue weighted by Gasteiger charge is -2.25. The average molecular weight is 507 g/mol. The number of aromatic nitrogens is 1. The van der Waals surface area contributed by atoms with Gasteiger partial charge < -0.3 is 14.6 Å². The Balaban J connectivity index is 1.82. The van der Waals surface area contributed by atoms with Crippen molar-refractivity contribution in [3.05, 3.63) is 94.3 Å². The molecular weight excluding hydrogens is 484 g/mol. The van der Waals surface area contributed by atoms with Crippen LogP contribution in [0.5, 0.6) is 5.75 Å². The molecule has 0 bridgehead atoms. The molecule has 1 N–H and O–H groups in total. The number of ketones is 1. The summed E-state index contributed by atoms with van der Waals surface area (Å²) in [5.74, 6) is -2.05. The molecule has 1 saturated heterocycles. The first kappa shape index (κ1) is 24.9. The molecule has 1 aliphatic rings. The average Bonchev–Trinajstić information content (AvgIpc) is 3.15. The van der Waals surface area contributed by atoms with Crippen LogP contribution in [0.25, 0.3) is 5.76 Å². The Hall–Kier alpha value is -4.17. The van der Waals surface area contributed by atoms with Crippen LogP contribution in [0.4, 0.5) is 5.69 Å². The van der Waals surface area contributed by atoms with E-state index >= 15 is 0 Å². The lowest BCUT2D eigenvalue weighted by Crippen LogP contribution is -2.29. The Morgan fingerprint density at radius 2 is 1.89 bits per heavy atom. The van der Waals surface area contributed by atoms with E-state index in [2.05, 4.69) is 4.98 Å². The Morgan fingerprint density at radius 3 is 2.53 bits per heavy atom. The van der Waals surface area contributed by atoms with Crippen LogP contribution >= 0.6 is 11.6 Å². The largest absolute Gasteiger partial charge is 0.507 e. The van der Waals surface area contributed by atoms with Gasteiger partial charge in [-0.15, -0.1) is 0 Å². The Kier molecular flexibility index (Phi) is 7.36. The van der Waals surface area contributed by atoms with Crippen molar-refractivity contribution in [2.45, 2.75) is 19.4 Å². The fourth-order valence-electron chi connectivity index (χ4n) is 4.06. The number of anilines is 1. The zero-order chi connectivity index (χ0) is 25.8. The van der Waals surface area contributed by atoms with Crippen LogP contribution in [0, 0.1) is 0 Å². The zero-order valence-corrected chi connectivity index (χ0v) is 20.4. The molecule has 1 aromatic heterocycles. The summed E-state index contributed by atoms with van der Waals surface area (Å²) < 4.78 is 10.2. The minimum Gasteiger partial charge on any atom is -0.507 e. The van der Waals surface area contributed by atoms with Gasteiger partial charge in [-0.1, -0.05) is 29.8 Å². The number of carbonyl (C=O) groups excluding carboxylic acids is 3. The van der Waals surface area contributed by atoms with Gasteiger partial charge in [0.25, 0.3) is 11.7 Å². The van der Waals surface area contributed by atoms with E-state index in [-0.39, 0.29) is 35.2 Å². The molecule has 3 aromatic rings. The normalized spacial score (nSPS) is 16.8. The number of rotatable bonds is 7. The monoisotopic (exact) mass is 506 g/mol. The molecule has 2 heterocycles. The maximum atomic E-state index is 13.3. The van der Waals surface area contributed by atoms with E-state index < -0.39 is 23.5 Å². The molecule has 9 heteroatoms. The number of esters is 1. The van der Waals surface area contributed by atoms with Crippen LogP contribution in [0.15, 0.2) is 72.6 Å². The second kappa shape index (κ2) is 10.6. The van der Waals surface area contributed by atoms with Gasteiger partial charge in [0, 0.05) is 23.6 Å². The number of methoxy groups -OCH3 is 1. The fourth-order valence-corrected chi connectivity index (χ4v) is 4.27. The summed E-state index contributed by atoms with van der Waals surface area (Å²) in [5, 5.41) is 11.5. The number of ether oxygens (including phenoxy) is 2. The summed E-state index contributed by atoms with van der Waals surface area (Å²) in [5.41, 5.74) is 1.66. The van der Waals surface area contributed by atoms with Crippen molar-refractivity contribution in [2.75, 3.05) is 18.6 Å². The van der Waals surface area contributed by atoms with Gasteiger partial charge in [-0.25, -0.2) is 0 Å². The number of carbonyl (C=O) groups is 3. The Labute approximate surface area is 212 Å². The number of benzene rings is 2. The number of halogens is 1. The summed E-state index contributed by atoms with van der Waals surface area (Å²) in [6, 6.07) is 13.7. The highest BCUT2D eigenvalue weighted by Gasteiger charge is 2.47. The van der Waals surface area contributed by atoms with E-state index in [4.69, 9.17) is 21.1 Å². The molecule has 1 aliphatic heterocycles. The molecule has 4 rings (SSSR count). The number of pyridine rings is 1. The third-order valence-electron chi connectivity index (χ3n) is 5.74. The van der Waals surface area contributed by atoms with Crippen molar-refractivity contribution in [2.24, 2.45) is 0 Å². The second-order valence-corrected chi connectivity index (χ2v) is 8.36. The third-order valence-corrected chi connectivity index (χ3v) is 6.07. The number of aliphatic hydroxyl groups is 1. The first-order valence-electron chi connectivity index (χ1n) is 11.1. The highest BCUT2D eigenvalue weighted by molar-refractivity contribution is 6.52. The highest BCUT2D eigenvalue weighted by atomic mass is 35.5. The SMILES string of the molecule is CCOC(=O)Cc1ccc(N2C(=O)C(=O)/C(=C(/O)c3cc(OC)ccc3Cl)C2c2cccnc2)cc1. The van der Waals surface area contributed by atoms with Crippen molar-refractivity contribution < 1.29 is 29.0 Å². The molecule has 0 saturated carbocycles. The van der Waals surface area contributed by atoms with Crippen molar-refractivity contribution in [3.63, 3.8) is 0 Å². The smallest absolute Gasteiger partial charge is 0.310 e. The predicted octanol–water partition coefficient (Wildman–Crippen LogP) is 4.48. The van der Waals surface area contributed by atoms with Crippen LogP contribution in [-0.4, -0.2) is 41.5 Å². The number of hydrogen-bond acceptors (Lipinski definition) is 7. The Morgan fingerprint density at radius 1 is 1.14 bits per heavy atom. The predicted molar refractivity (Wildman–Crippen MR) is 134 cm³/mol. The molecule has 2 aromatic carbocycles. The van der Waals surface area contributed by atoms with Crippen LogP contribution < -0.4 is 9.64 Å². The first-order valence-corrected chi connectivity index (χ1v) is 11.5.